The third-order valence-corrected chi connectivity index (χ3v) is 6.40. The number of nitriles is 1. The highest BCUT2D eigenvalue weighted by molar-refractivity contribution is 8.06. The molecule has 0 bridgehead atoms. The molecule has 0 atom stereocenters. The second-order valence-electron chi connectivity index (χ2n) is 6.18. The number of allylic oxidation sites excluding steroid dienone is 2. The molecule has 11 heteroatoms. The molecule has 0 aliphatic carbocycles. The summed E-state index contributed by atoms with van der Waals surface area (Å²) in [6.45, 7) is 2.76. The molecule has 0 spiro atoms. The molecule has 4 N–H and O–H groups in total. The van der Waals surface area contributed by atoms with Crippen molar-refractivity contribution in [3.05, 3.63) is 34.1 Å². The van der Waals surface area contributed by atoms with Crippen molar-refractivity contribution in [3.8, 4) is 6.07 Å². The third kappa shape index (κ3) is 4.78. The predicted octanol–water partition coefficient (Wildman–Crippen LogP) is 1.34. The summed E-state index contributed by atoms with van der Waals surface area (Å²) < 4.78 is 24.0. The van der Waals surface area contributed by atoms with Crippen LogP contribution in [0.25, 0.3) is 5.57 Å². The van der Waals surface area contributed by atoms with Crippen molar-refractivity contribution < 1.29 is 8.42 Å². The first-order valence-electron chi connectivity index (χ1n) is 8.55. The Labute approximate surface area is 162 Å². The van der Waals surface area contributed by atoms with Crippen LogP contribution in [0.3, 0.4) is 0 Å². The Kier molecular flexibility index (Phi) is 6.01. The van der Waals surface area contributed by atoms with Gasteiger partial charge in [0.1, 0.15) is 11.6 Å². The summed E-state index contributed by atoms with van der Waals surface area (Å²) in [5.41, 5.74) is 2.07. The lowest BCUT2D eigenvalue weighted by atomic mass is 10.1. The van der Waals surface area contributed by atoms with Crippen molar-refractivity contribution >= 4 is 33.5 Å². The second kappa shape index (κ2) is 8.26. The van der Waals surface area contributed by atoms with E-state index in [0.29, 0.717) is 43.1 Å². The van der Waals surface area contributed by atoms with Crippen LogP contribution in [0.15, 0.2) is 28.4 Å². The van der Waals surface area contributed by atoms with Gasteiger partial charge in [-0.15, -0.1) is 0 Å². The van der Waals surface area contributed by atoms with E-state index < -0.39 is 10.2 Å². The summed E-state index contributed by atoms with van der Waals surface area (Å²) in [5.74, 6) is 0.418. The molecular weight excluding hydrogens is 386 g/mol. The Bertz CT molecular complexity index is 913. The van der Waals surface area contributed by atoms with E-state index in [4.69, 9.17) is 5.14 Å². The van der Waals surface area contributed by atoms with Gasteiger partial charge in [-0.1, -0.05) is 18.7 Å². The summed E-state index contributed by atoms with van der Waals surface area (Å²) in [6.07, 6.45) is 3.69. The molecule has 27 heavy (non-hydrogen) atoms. The number of rotatable bonds is 5. The lowest BCUT2D eigenvalue weighted by Crippen LogP contribution is -2.45. The number of anilines is 1. The van der Waals surface area contributed by atoms with Gasteiger partial charge < -0.3 is 10.6 Å². The van der Waals surface area contributed by atoms with E-state index in [9.17, 15) is 13.7 Å². The van der Waals surface area contributed by atoms with Crippen LogP contribution in [-0.2, 0) is 10.2 Å². The molecule has 3 rings (SSSR count). The average Bonchev–Trinajstić information content (AvgIpc) is 3.11. The van der Waals surface area contributed by atoms with Gasteiger partial charge in [0, 0.05) is 31.0 Å². The zero-order valence-electron chi connectivity index (χ0n) is 14.8. The third-order valence-electron chi connectivity index (χ3n) is 4.37. The van der Waals surface area contributed by atoms with E-state index in [0.717, 1.165) is 17.1 Å². The first kappa shape index (κ1) is 19.6. The lowest BCUT2D eigenvalue weighted by Gasteiger charge is -2.30. The monoisotopic (exact) mass is 407 g/mol. The molecule has 0 unspecified atom stereocenters. The van der Waals surface area contributed by atoms with Gasteiger partial charge in [0.15, 0.2) is 0 Å². The minimum atomic E-state index is -3.64. The fraction of sp³-hybridized carbons (Fsp3) is 0.438. The van der Waals surface area contributed by atoms with E-state index in [1.54, 1.807) is 12.3 Å². The highest BCUT2D eigenvalue weighted by Gasteiger charge is 2.26. The fourth-order valence-corrected chi connectivity index (χ4v) is 4.52. The second-order valence-corrected chi connectivity index (χ2v) is 8.61. The van der Waals surface area contributed by atoms with Gasteiger partial charge in [0.2, 0.25) is 5.95 Å². The van der Waals surface area contributed by atoms with Crippen LogP contribution >= 0.6 is 11.8 Å². The van der Waals surface area contributed by atoms with E-state index in [1.807, 2.05) is 12.3 Å². The van der Waals surface area contributed by atoms with Gasteiger partial charge >= 0.3 is 0 Å². The number of thioether (sulfide) groups is 1. The summed E-state index contributed by atoms with van der Waals surface area (Å²) in [5, 5.41) is 24.0. The highest BCUT2D eigenvalue weighted by atomic mass is 32.2. The number of nitrogens with one attached hydrogen (secondary N) is 2. The molecule has 0 aromatic carbocycles. The van der Waals surface area contributed by atoms with Gasteiger partial charge in [-0.25, -0.2) is 15.1 Å². The number of hydrogen-bond donors (Lipinski definition) is 3. The lowest BCUT2D eigenvalue weighted by molar-refractivity contribution is 0.329. The van der Waals surface area contributed by atoms with Crippen molar-refractivity contribution in [1.82, 2.24) is 19.6 Å². The predicted molar refractivity (Wildman–Crippen MR) is 105 cm³/mol. The number of piperidine rings is 1. The van der Waals surface area contributed by atoms with Crippen molar-refractivity contribution in [1.29, 1.82) is 5.26 Å². The summed E-state index contributed by atoms with van der Waals surface area (Å²) >= 11 is 1.48. The quantitative estimate of drug-likeness (QED) is 0.622. The Morgan fingerprint density at radius 2 is 2.26 bits per heavy atom. The Morgan fingerprint density at radius 1 is 1.52 bits per heavy atom. The minimum absolute atomic E-state index is 0.0452. The smallest absolute Gasteiger partial charge is 0.276 e. The van der Waals surface area contributed by atoms with Gasteiger partial charge in [0.05, 0.1) is 10.7 Å². The van der Waals surface area contributed by atoms with Crippen LogP contribution in [0.5, 0.6) is 0 Å². The standard InChI is InChI=1S/C16H21N7O2S2/c1-2-11-10-26-15(20-11)13(9-17)14-3-6-19-16(22-14)21-12-4-7-23(8-5-12)27(18,24)25/h3,6,10,12,20H,2,4-5,7-8H2,1H3,(H2,18,24,25)(H,19,21,22)/b15-13-. The molecule has 144 valence electrons. The Hall–Kier alpha value is -2.13. The van der Waals surface area contributed by atoms with Crippen molar-refractivity contribution in [2.24, 2.45) is 5.14 Å². The maximum atomic E-state index is 11.4. The number of nitrogens with zero attached hydrogens (tertiary/aromatic N) is 4. The molecular formula is C16H21N7O2S2. The average molecular weight is 408 g/mol. The van der Waals surface area contributed by atoms with Crippen molar-refractivity contribution in [3.63, 3.8) is 0 Å². The first-order chi connectivity index (χ1) is 12.9. The molecule has 1 fully saturated rings. The largest absolute Gasteiger partial charge is 0.352 e. The number of nitrogens with two attached hydrogens (primary N) is 1. The highest BCUT2D eigenvalue weighted by Crippen LogP contribution is 2.31. The van der Waals surface area contributed by atoms with Crippen LogP contribution in [0, 0.1) is 11.3 Å². The van der Waals surface area contributed by atoms with Crippen LogP contribution in [0.4, 0.5) is 5.95 Å². The maximum absolute atomic E-state index is 11.4. The first-order valence-corrected chi connectivity index (χ1v) is 10.9. The topological polar surface area (TPSA) is 137 Å². The van der Waals surface area contributed by atoms with Gasteiger partial charge in [-0.3, -0.25) is 0 Å². The molecule has 0 radical (unpaired) electrons. The zero-order chi connectivity index (χ0) is 19.4. The maximum Gasteiger partial charge on any atom is 0.276 e. The molecule has 3 heterocycles. The molecule has 2 aliphatic rings. The molecule has 9 nitrogen and oxygen atoms in total. The molecule has 1 aromatic rings. The van der Waals surface area contributed by atoms with Crippen LogP contribution in [0.1, 0.15) is 31.9 Å². The van der Waals surface area contributed by atoms with Crippen LogP contribution in [0.2, 0.25) is 0 Å². The van der Waals surface area contributed by atoms with E-state index in [-0.39, 0.29) is 6.04 Å². The Morgan fingerprint density at radius 3 is 2.85 bits per heavy atom. The van der Waals surface area contributed by atoms with Crippen LogP contribution in [-0.4, -0.2) is 41.8 Å². The fourth-order valence-electron chi connectivity index (χ4n) is 2.86. The Balaban J connectivity index is 1.70. The van der Waals surface area contributed by atoms with E-state index >= 15 is 0 Å². The van der Waals surface area contributed by atoms with Gasteiger partial charge in [0.25, 0.3) is 10.2 Å². The van der Waals surface area contributed by atoms with E-state index in [2.05, 4.69) is 26.7 Å². The molecule has 0 saturated carbocycles. The normalized spacial score (nSPS) is 20.6. The van der Waals surface area contributed by atoms with Crippen molar-refractivity contribution in [2.75, 3.05) is 18.4 Å². The summed E-state index contributed by atoms with van der Waals surface area (Å²) in [7, 11) is -3.64. The molecule has 0 amide bonds. The summed E-state index contributed by atoms with van der Waals surface area (Å²) in [6, 6.07) is 3.96. The van der Waals surface area contributed by atoms with Crippen molar-refractivity contribution in [2.45, 2.75) is 32.2 Å². The number of aromatic nitrogens is 2. The van der Waals surface area contributed by atoms with Gasteiger partial charge in [-0.05, 0) is 30.7 Å². The van der Waals surface area contributed by atoms with E-state index in [1.165, 1.54) is 16.1 Å². The summed E-state index contributed by atoms with van der Waals surface area (Å²) in [4.78, 5) is 8.69. The number of hydrogen-bond acceptors (Lipinski definition) is 8. The SMILES string of the molecule is CCC1=CS/C(=C(/C#N)c2ccnc(NC3CCN(S(N)(=O)=O)CC3)n2)N1. The molecule has 1 saturated heterocycles. The van der Waals surface area contributed by atoms with Crippen LogP contribution < -0.4 is 15.8 Å². The minimum Gasteiger partial charge on any atom is -0.352 e. The zero-order valence-corrected chi connectivity index (χ0v) is 16.5. The molecule has 2 aliphatic heterocycles. The van der Waals surface area contributed by atoms with Gasteiger partial charge in [-0.2, -0.15) is 18.0 Å². The molecule has 1 aromatic heterocycles.